The van der Waals surface area contributed by atoms with Crippen LogP contribution in [0.1, 0.15) is 42.0 Å². The molecule has 19 heavy (non-hydrogen) atoms. The number of carbonyl (C=O) groups excluding carboxylic acids is 1. The number of hydrogen-bond acceptors (Lipinski definition) is 3. The first kappa shape index (κ1) is 12.2. The van der Waals surface area contributed by atoms with Crippen LogP contribution in [0, 0.1) is 0 Å². The van der Waals surface area contributed by atoms with Crippen molar-refractivity contribution in [2.24, 2.45) is 0 Å². The molecular formula is C14H17N3O2. The molecule has 1 unspecified atom stereocenters. The quantitative estimate of drug-likeness (QED) is 0.870. The van der Waals surface area contributed by atoms with E-state index in [4.69, 9.17) is 0 Å². The number of amides is 1. The second kappa shape index (κ2) is 4.66. The second-order valence-electron chi connectivity index (χ2n) is 5.11. The van der Waals surface area contributed by atoms with Crippen LogP contribution in [0.15, 0.2) is 24.4 Å². The molecule has 0 spiro atoms. The lowest BCUT2D eigenvalue weighted by Crippen LogP contribution is -2.30. The van der Waals surface area contributed by atoms with Crippen molar-refractivity contribution >= 4 is 11.4 Å². The maximum absolute atomic E-state index is 12.1. The number of hydrogen-bond donors (Lipinski definition) is 2. The van der Waals surface area contributed by atoms with Crippen LogP contribution in [0.4, 0.5) is 0 Å². The number of fused-ring (bicyclic) bond motifs is 1. The Kier molecular flexibility index (Phi) is 2.98. The summed E-state index contributed by atoms with van der Waals surface area (Å²) in [6.07, 6.45) is 3.67. The van der Waals surface area contributed by atoms with Crippen LogP contribution in [0.25, 0.3) is 5.52 Å². The zero-order valence-corrected chi connectivity index (χ0v) is 10.8. The molecule has 3 rings (SSSR count). The fraction of sp³-hybridized carbons (Fsp3) is 0.429. The van der Waals surface area contributed by atoms with E-state index in [1.165, 1.54) is 0 Å². The molecule has 0 saturated heterocycles. The Labute approximate surface area is 111 Å². The monoisotopic (exact) mass is 259 g/mol. The van der Waals surface area contributed by atoms with Gasteiger partial charge in [-0.25, -0.2) is 4.98 Å². The third-order valence-electron chi connectivity index (χ3n) is 3.29. The van der Waals surface area contributed by atoms with Crippen LogP contribution >= 0.6 is 0 Å². The molecule has 1 amide bonds. The highest BCUT2D eigenvalue weighted by Gasteiger charge is 2.30. The molecule has 1 aliphatic rings. The van der Waals surface area contributed by atoms with Crippen molar-refractivity contribution in [1.29, 1.82) is 0 Å². The SMILES string of the molecule is CC(O)CNC(=O)c1nc(C2CC2)n2ccccc12. The number of aliphatic hydroxyl groups is 1. The number of imidazole rings is 1. The Balaban J connectivity index is 1.96. The Morgan fingerprint density at radius 2 is 2.37 bits per heavy atom. The smallest absolute Gasteiger partial charge is 0.272 e. The highest BCUT2D eigenvalue weighted by Crippen LogP contribution is 2.39. The fourth-order valence-electron chi connectivity index (χ4n) is 2.18. The minimum absolute atomic E-state index is 0.225. The summed E-state index contributed by atoms with van der Waals surface area (Å²) in [5.41, 5.74) is 1.27. The van der Waals surface area contributed by atoms with Crippen molar-refractivity contribution in [1.82, 2.24) is 14.7 Å². The van der Waals surface area contributed by atoms with E-state index in [2.05, 4.69) is 10.3 Å². The molecule has 0 radical (unpaired) electrons. The van der Waals surface area contributed by atoms with E-state index in [9.17, 15) is 9.90 Å². The van der Waals surface area contributed by atoms with Gasteiger partial charge in [0.2, 0.25) is 0 Å². The molecule has 1 aliphatic carbocycles. The summed E-state index contributed by atoms with van der Waals surface area (Å²) in [6, 6.07) is 5.74. The number of aliphatic hydroxyl groups excluding tert-OH is 1. The number of aromatic nitrogens is 2. The average molecular weight is 259 g/mol. The van der Waals surface area contributed by atoms with E-state index in [0.29, 0.717) is 11.6 Å². The molecule has 2 aromatic heterocycles. The predicted octanol–water partition coefficient (Wildman–Crippen LogP) is 1.32. The summed E-state index contributed by atoms with van der Waals surface area (Å²) < 4.78 is 1.99. The standard InChI is InChI=1S/C14H17N3O2/c1-9(18)8-15-14(19)12-11-4-2-3-7-17(11)13(16-12)10-5-6-10/h2-4,7,9-10,18H,5-6,8H2,1H3,(H,15,19). The van der Waals surface area contributed by atoms with Gasteiger partial charge in [0, 0.05) is 18.7 Å². The summed E-state index contributed by atoms with van der Waals surface area (Å²) in [4.78, 5) is 16.6. The molecule has 2 N–H and O–H groups in total. The van der Waals surface area contributed by atoms with E-state index in [1.807, 2.05) is 28.8 Å². The van der Waals surface area contributed by atoms with Crippen molar-refractivity contribution in [3.05, 3.63) is 35.9 Å². The molecule has 0 aliphatic heterocycles. The number of rotatable bonds is 4. The van der Waals surface area contributed by atoms with E-state index in [0.717, 1.165) is 24.2 Å². The van der Waals surface area contributed by atoms with Crippen LogP contribution in [0.2, 0.25) is 0 Å². The van der Waals surface area contributed by atoms with Crippen LogP contribution < -0.4 is 5.32 Å². The third-order valence-corrected chi connectivity index (χ3v) is 3.29. The molecule has 2 aromatic rings. The van der Waals surface area contributed by atoms with Crippen molar-refractivity contribution in [2.45, 2.75) is 31.8 Å². The van der Waals surface area contributed by atoms with E-state index >= 15 is 0 Å². The Morgan fingerprint density at radius 1 is 1.58 bits per heavy atom. The van der Waals surface area contributed by atoms with Gasteiger partial charge in [-0.1, -0.05) is 6.07 Å². The van der Waals surface area contributed by atoms with E-state index in [-0.39, 0.29) is 12.5 Å². The summed E-state index contributed by atoms with van der Waals surface area (Å²) in [6.45, 7) is 1.88. The summed E-state index contributed by atoms with van der Waals surface area (Å²) in [5.74, 6) is 1.22. The lowest BCUT2D eigenvalue weighted by Gasteiger charge is -2.05. The van der Waals surface area contributed by atoms with Gasteiger partial charge < -0.3 is 14.8 Å². The molecule has 100 valence electrons. The number of carbonyl (C=O) groups is 1. The minimum atomic E-state index is -0.555. The summed E-state index contributed by atoms with van der Waals surface area (Å²) >= 11 is 0. The first-order chi connectivity index (χ1) is 9.16. The first-order valence-electron chi connectivity index (χ1n) is 6.60. The van der Waals surface area contributed by atoms with Gasteiger partial charge in [-0.3, -0.25) is 4.79 Å². The molecule has 2 heterocycles. The number of nitrogens with one attached hydrogen (secondary N) is 1. The Morgan fingerprint density at radius 3 is 3.05 bits per heavy atom. The third kappa shape index (κ3) is 2.33. The molecule has 1 saturated carbocycles. The average Bonchev–Trinajstić information content (AvgIpc) is 3.17. The van der Waals surface area contributed by atoms with Crippen LogP contribution in [0.5, 0.6) is 0 Å². The molecule has 1 atom stereocenters. The van der Waals surface area contributed by atoms with Gasteiger partial charge >= 0.3 is 0 Å². The highest BCUT2D eigenvalue weighted by atomic mass is 16.3. The van der Waals surface area contributed by atoms with Gasteiger partial charge in [-0.15, -0.1) is 0 Å². The van der Waals surface area contributed by atoms with Gasteiger partial charge in [-0.05, 0) is 31.9 Å². The number of pyridine rings is 1. The maximum atomic E-state index is 12.1. The Bertz CT molecular complexity index is 614. The zero-order chi connectivity index (χ0) is 13.4. The largest absolute Gasteiger partial charge is 0.392 e. The van der Waals surface area contributed by atoms with Crippen molar-refractivity contribution < 1.29 is 9.90 Å². The van der Waals surface area contributed by atoms with Gasteiger partial charge in [0.25, 0.3) is 5.91 Å². The van der Waals surface area contributed by atoms with Crippen molar-refractivity contribution in [2.75, 3.05) is 6.54 Å². The van der Waals surface area contributed by atoms with E-state index < -0.39 is 6.10 Å². The van der Waals surface area contributed by atoms with Gasteiger partial charge in [-0.2, -0.15) is 0 Å². The molecule has 5 nitrogen and oxygen atoms in total. The minimum Gasteiger partial charge on any atom is -0.392 e. The van der Waals surface area contributed by atoms with Crippen LogP contribution in [0.3, 0.4) is 0 Å². The lowest BCUT2D eigenvalue weighted by molar-refractivity contribution is 0.0921. The number of nitrogens with zero attached hydrogens (tertiary/aromatic N) is 2. The summed E-state index contributed by atoms with van der Waals surface area (Å²) in [7, 11) is 0. The van der Waals surface area contributed by atoms with Crippen LogP contribution in [-0.2, 0) is 0 Å². The maximum Gasteiger partial charge on any atom is 0.272 e. The topological polar surface area (TPSA) is 66.6 Å². The molecule has 0 aromatic carbocycles. The molecule has 1 fully saturated rings. The molecule has 0 bridgehead atoms. The zero-order valence-electron chi connectivity index (χ0n) is 10.8. The lowest BCUT2D eigenvalue weighted by atomic mass is 10.3. The first-order valence-corrected chi connectivity index (χ1v) is 6.60. The van der Waals surface area contributed by atoms with Crippen molar-refractivity contribution in [3.63, 3.8) is 0 Å². The van der Waals surface area contributed by atoms with Gasteiger partial charge in [0.15, 0.2) is 5.69 Å². The van der Waals surface area contributed by atoms with E-state index in [1.54, 1.807) is 6.92 Å². The molecular weight excluding hydrogens is 242 g/mol. The van der Waals surface area contributed by atoms with Crippen LogP contribution in [-0.4, -0.2) is 33.0 Å². The second-order valence-corrected chi connectivity index (χ2v) is 5.11. The predicted molar refractivity (Wildman–Crippen MR) is 71.2 cm³/mol. The normalized spacial score (nSPS) is 16.5. The highest BCUT2D eigenvalue weighted by molar-refractivity contribution is 5.99. The molecule has 5 heteroatoms. The Hall–Kier alpha value is -1.88. The van der Waals surface area contributed by atoms with Gasteiger partial charge in [0.05, 0.1) is 11.6 Å². The summed E-state index contributed by atoms with van der Waals surface area (Å²) in [5, 5.41) is 11.9. The van der Waals surface area contributed by atoms with Gasteiger partial charge in [0.1, 0.15) is 5.82 Å². The van der Waals surface area contributed by atoms with Crippen molar-refractivity contribution in [3.8, 4) is 0 Å². The fourth-order valence-corrected chi connectivity index (χ4v) is 2.18.